The molecule has 5 nitrogen and oxygen atoms in total. The number of aromatic hydroxyl groups is 1. The zero-order valence-corrected chi connectivity index (χ0v) is 11.1. The minimum Gasteiger partial charge on any atom is -0.504 e. The Morgan fingerprint density at radius 3 is 2.50 bits per heavy atom. The van der Waals surface area contributed by atoms with Crippen LogP contribution in [0.1, 0.15) is 15.9 Å². The monoisotopic (exact) mass is 272 g/mol. The van der Waals surface area contributed by atoms with Gasteiger partial charge in [0.05, 0.1) is 7.11 Å². The summed E-state index contributed by atoms with van der Waals surface area (Å²) in [5, 5.41) is 12.9. The summed E-state index contributed by atoms with van der Waals surface area (Å²) in [6.45, 7) is 0.549. The summed E-state index contributed by atoms with van der Waals surface area (Å²) in [5.74, 6) is 0.104. The second-order valence-electron chi connectivity index (χ2n) is 4.30. The molecule has 5 heteroatoms. The summed E-state index contributed by atoms with van der Waals surface area (Å²) in [5.41, 5.74) is 7.43. The van der Waals surface area contributed by atoms with Crippen LogP contribution in [0.3, 0.4) is 0 Å². The third-order valence-corrected chi connectivity index (χ3v) is 2.91. The Balaban J connectivity index is 2.01. The highest BCUT2D eigenvalue weighted by atomic mass is 16.5. The number of methoxy groups -OCH3 is 1. The van der Waals surface area contributed by atoms with E-state index in [-0.39, 0.29) is 5.75 Å². The molecule has 0 atom stereocenters. The van der Waals surface area contributed by atoms with Gasteiger partial charge in [0.25, 0.3) is 0 Å². The van der Waals surface area contributed by atoms with Crippen molar-refractivity contribution in [3.8, 4) is 11.5 Å². The molecule has 0 fully saturated rings. The van der Waals surface area contributed by atoms with Crippen LogP contribution in [0.4, 0.5) is 5.69 Å². The summed E-state index contributed by atoms with van der Waals surface area (Å²) >= 11 is 0. The Bertz CT molecular complexity index is 609. The van der Waals surface area contributed by atoms with Crippen molar-refractivity contribution in [1.29, 1.82) is 0 Å². The SMILES string of the molecule is COc1ccc(CNc2ccc(C(N)=O)cc2)cc1O. The molecule has 0 bridgehead atoms. The van der Waals surface area contributed by atoms with Crippen molar-refractivity contribution in [3.05, 3.63) is 53.6 Å². The highest BCUT2D eigenvalue weighted by Crippen LogP contribution is 2.26. The van der Waals surface area contributed by atoms with E-state index in [0.717, 1.165) is 11.3 Å². The lowest BCUT2D eigenvalue weighted by molar-refractivity contribution is 0.100. The van der Waals surface area contributed by atoms with Crippen LogP contribution in [0, 0.1) is 0 Å². The molecule has 2 rings (SSSR count). The number of phenolic OH excluding ortho intramolecular Hbond substituents is 1. The van der Waals surface area contributed by atoms with Gasteiger partial charge >= 0.3 is 0 Å². The molecule has 0 spiro atoms. The van der Waals surface area contributed by atoms with Crippen LogP contribution in [0.15, 0.2) is 42.5 Å². The Morgan fingerprint density at radius 2 is 1.95 bits per heavy atom. The van der Waals surface area contributed by atoms with Gasteiger partial charge in [0.2, 0.25) is 5.91 Å². The quantitative estimate of drug-likeness (QED) is 0.778. The first-order valence-corrected chi connectivity index (χ1v) is 6.10. The summed E-state index contributed by atoms with van der Waals surface area (Å²) in [6.07, 6.45) is 0. The van der Waals surface area contributed by atoms with Crippen LogP contribution in [-0.4, -0.2) is 18.1 Å². The second kappa shape index (κ2) is 5.97. The number of anilines is 1. The fourth-order valence-corrected chi connectivity index (χ4v) is 1.80. The van der Waals surface area contributed by atoms with Crippen LogP contribution in [0.25, 0.3) is 0 Å². The first-order valence-electron chi connectivity index (χ1n) is 6.10. The molecule has 4 N–H and O–H groups in total. The van der Waals surface area contributed by atoms with Crippen LogP contribution in [0.5, 0.6) is 11.5 Å². The summed E-state index contributed by atoms with van der Waals surface area (Å²) in [6, 6.07) is 12.1. The first-order chi connectivity index (χ1) is 9.60. The molecule has 0 saturated carbocycles. The fourth-order valence-electron chi connectivity index (χ4n) is 1.80. The first kappa shape index (κ1) is 13.7. The van der Waals surface area contributed by atoms with E-state index in [4.69, 9.17) is 10.5 Å². The molecule has 2 aromatic carbocycles. The molecule has 0 aliphatic carbocycles. The van der Waals surface area contributed by atoms with Gasteiger partial charge in [0.1, 0.15) is 0 Å². The van der Waals surface area contributed by atoms with Gasteiger partial charge in [-0.05, 0) is 42.0 Å². The van der Waals surface area contributed by atoms with Crippen molar-refractivity contribution in [2.75, 3.05) is 12.4 Å². The molecule has 0 aliphatic heterocycles. The molecule has 0 aliphatic rings. The number of amides is 1. The Kier molecular flexibility index (Phi) is 4.10. The van der Waals surface area contributed by atoms with Gasteiger partial charge in [0, 0.05) is 17.8 Å². The van der Waals surface area contributed by atoms with Crippen LogP contribution in [-0.2, 0) is 6.54 Å². The van der Waals surface area contributed by atoms with E-state index >= 15 is 0 Å². The maximum atomic E-state index is 11.0. The van der Waals surface area contributed by atoms with Crippen molar-refractivity contribution in [3.63, 3.8) is 0 Å². The third-order valence-electron chi connectivity index (χ3n) is 2.91. The number of hydrogen-bond donors (Lipinski definition) is 3. The van der Waals surface area contributed by atoms with Crippen LogP contribution >= 0.6 is 0 Å². The maximum absolute atomic E-state index is 11.0. The number of carbonyl (C=O) groups is 1. The molecule has 104 valence electrons. The predicted molar refractivity (Wildman–Crippen MR) is 76.9 cm³/mol. The van der Waals surface area contributed by atoms with E-state index in [0.29, 0.717) is 17.9 Å². The molecular formula is C15H16N2O3. The van der Waals surface area contributed by atoms with Crippen molar-refractivity contribution >= 4 is 11.6 Å². The molecular weight excluding hydrogens is 256 g/mol. The average molecular weight is 272 g/mol. The van der Waals surface area contributed by atoms with Gasteiger partial charge in [-0.15, -0.1) is 0 Å². The van der Waals surface area contributed by atoms with Crippen molar-refractivity contribution in [2.24, 2.45) is 5.73 Å². The number of carbonyl (C=O) groups excluding carboxylic acids is 1. The number of phenols is 1. The molecule has 0 saturated heterocycles. The van der Waals surface area contributed by atoms with E-state index in [2.05, 4.69) is 5.32 Å². The van der Waals surface area contributed by atoms with E-state index < -0.39 is 5.91 Å². The number of nitrogens with two attached hydrogens (primary N) is 1. The van der Waals surface area contributed by atoms with Crippen LogP contribution < -0.4 is 15.8 Å². The molecule has 1 amide bonds. The van der Waals surface area contributed by atoms with Gasteiger partial charge in [-0.2, -0.15) is 0 Å². The molecule has 0 aromatic heterocycles. The third kappa shape index (κ3) is 3.20. The summed E-state index contributed by atoms with van der Waals surface area (Å²) in [7, 11) is 1.51. The molecule has 20 heavy (non-hydrogen) atoms. The number of hydrogen-bond acceptors (Lipinski definition) is 4. The topological polar surface area (TPSA) is 84.6 Å². The zero-order valence-electron chi connectivity index (χ0n) is 11.1. The largest absolute Gasteiger partial charge is 0.504 e. The zero-order chi connectivity index (χ0) is 14.5. The fraction of sp³-hybridized carbons (Fsp3) is 0.133. The lowest BCUT2D eigenvalue weighted by Gasteiger charge is -2.09. The van der Waals surface area contributed by atoms with E-state index in [1.165, 1.54) is 7.11 Å². The average Bonchev–Trinajstić information content (AvgIpc) is 2.45. The smallest absolute Gasteiger partial charge is 0.248 e. The summed E-state index contributed by atoms with van der Waals surface area (Å²) in [4.78, 5) is 11.0. The Labute approximate surface area is 117 Å². The molecule has 0 radical (unpaired) electrons. The lowest BCUT2D eigenvalue weighted by atomic mass is 10.1. The Hall–Kier alpha value is -2.69. The standard InChI is InChI=1S/C15H16N2O3/c1-20-14-7-2-10(8-13(14)18)9-17-12-5-3-11(4-6-12)15(16)19/h2-8,17-18H,9H2,1H3,(H2,16,19). The summed E-state index contributed by atoms with van der Waals surface area (Å²) < 4.78 is 4.98. The van der Waals surface area contributed by atoms with Crippen LogP contribution in [0.2, 0.25) is 0 Å². The number of nitrogens with one attached hydrogen (secondary N) is 1. The van der Waals surface area contributed by atoms with Crippen molar-refractivity contribution < 1.29 is 14.6 Å². The highest BCUT2D eigenvalue weighted by molar-refractivity contribution is 5.93. The normalized spacial score (nSPS) is 10.1. The van der Waals surface area contributed by atoms with Crippen molar-refractivity contribution in [2.45, 2.75) is 6.54 Å². The van der Waals surface area contributed by atoms with Gasteiger partial charge < -0.3 is 20.9 Å². The number of ether oxygens (including phenoxy) is 1. The highest BCUT2D eigenvalue weighted by Gasteiger charge is 2.03. The second-order valence-corrected chi connectivity index (χ2v) is 4.30. The molecule has 2 aromatic rings. The molecule has 0 heterocycles. The van der Waals surface area contributed by atoms with E-state index in [1.807, 2.05) is 6.07 Å². The Morgan fingerprint density at radius 1 is 1.25 bits per heavy atom. The maximum Gasteiger partial charge on any atom is 0.248 e. The minimum atomic E-state index is -0.448. The predicted octanol–water partition coefficient (Wildman–Crippen LogP) is 2.11. The minimum absolute atomic E-state index is 0.107. The lowest BCUT2D eigenvalue weighted by Crippen LogP contribution is -2.10. The van der Waals surface area contributed by atoms with Crippen molar-refractivity contribution in [1.82, 2.24) is 0 Å². The number of benzene rings is 2. The van der Waals surface area contributed by atoms with Gasteiger partial charge in [-0.1, -0.05) is 6.07 Å². The van der Waals surface area contributed by atoms with E-state index in [1.54, 1.807) is 36.4 Å². The van der Waals surface area contributed by atoms with Gasteiger partial charge in [-0.25, -0.2) is 0 Å². The number of rotatable bonds is 5. The number of primary amides is 1. The van der Waals surface area contributed by atoms with Gasteiger partial charge in [-0.3, -0.25) is 4.79 Å². The molecule has 0 unspecified atom stereocenters. The van der Waals surface area contributed by atoms with Gasteiger partial charge in [0.15, 0.2) is 11.5 Å². The van der Waals surface area contributed by atoms with E-state index in [9.17, 15) is 9.90 Å².